The molecule has 0 bridgehead atoms. The number of fused-ring (bicyclic) bond motifs is 1. The molecule has 0 spiro atoms. The van der Waals surface area contributed by atoms with Gasteiger partial charge in [-0.25, -0.2) is 4.79 Å². The first-order valence-corrected chi connectivity index (χ1v) is 5.89. The lowest BCUT2D eigenvalue weighted by Crippen LogP contribution is -2.10. The average Bonchev–Trinajstić information content (AvgIpc) is 2.67. The highest BCUT2D eigenvalue weighted by atomic mass is 16.4. The van der Waals surface area contributed by atoms with E-state index in [1.807, 2.05) is 6.07 Å². The molecule has 94 valence electrons. The number of rotatable bonds is 1. The van der Waals surface area contributed by atoms with Crippen LogP contribution in [0.4, 0.5) is 0 Å². The van der Waals surface area contributed by atoms with Crippen LogP contribution in [0.2, 0.25) is 0 Å². The molecule has 18 heavy (non-hydrogen) atoms. The van der Waals surface area contributed by atoms with Gasteiger partial charge < -0.3 is 14.6 Å². The van der Waals surface area contributed by atoms with Gasteiger partial charge in [-0.3, -0.25) is 4.98 Å². The molecule has 0 saturated heterocycles. The van der Waals surface area contributed by atoms with E-state index in [2.05, 4.69) is 4.98 Å². The van der Waals surface area contributed by atoms with E-state index in [1.54, 1.807) is 12.1 Å². The zero-order chi connectivity index (χ0) is 12.7. The molecule has 1 aliphatic rings. The van der Waals surface area contributed by atoms with Crippen molar-refractivity contribution in [3.63, 3.8) is 0 Å². The molecule has 0 unspecified atom stereocenters. The van der Waals surface area contributed by atoms with E-state index in [4.69, 9.17) is 4.42 Å². The first kappa shape index (κ1) is 11.0. The van der Waals surface area contributed by atoms with E-state index in [-0.39, 0.29) is 23.3 Å². The van der Waals surface area contributed by atoms with Gasteiger partial charge in [-0.05, 0) is 42.5 Å². The zero-order valence-corrected chi connectivity index (χ0v) is 9.64. The van der Waals surface area contributed by atoms with Crippen molar-refractivity contribution in [2.24, 2.45) is 0 Å². The summed E-state index contributed by atoms with van der Waals surface area (Å²) in [5.41, 5.74) is 2.03. The van der Waals surface area contributed by atoms with Crippen LogP contribution in [-0.4, -0.2) is 15.2 Å². The predicted molar refractivity (Wildman–Crippen MR) is 63.9 cm³/mol. The maximum absolute atomic E-state index is 11.1. The summed E-state index contributed by atoms with van der Waals surface area (Å²) in [5.74, 6) is -0.464. The molecule has 3 rings (SSSR count). The van der Waals surface area contributed by atoms with Crippen molar-refractivity contribution < 1.29 is 14.6 Å². The summed E-state index contributed by atoms with van der Waals surface area (Å²) in [4.78, 5) is 13.3. The van der Waals surface area contributed by atoms with E-state index in [1.165, 1.54) is 0 Å². The molecule has 1 atom stereocenters. The number of benzene rings is 1. The van der Waals surface area contributed by atoms with Crippen molar-refractivity contribution in [3.05, 3.63) is 45.6 Å². The number of aromatic nitrogens is 1. The number of aromatic amines is 1. The first-order chi connectivity index (χ1) is 8.65. The molecule has 1 aliphatic carbocycles. The van der Waals surface area contributed by atoms with Crippen molar-refractivity contribution in [2.45, 2.75) is 25.2 Å². The highest BCUT2D eigenvalue weighted by Crippen LogP contribution is 2.39. The normalized spacial score (nSPS) is 18.6. The molecule has 2 aromatic rings. The Morgan fingerprint density at radius 2 is 2.17 bits per heavy atom. The van der Waals surface area contributed by atoms with E-state index >= 15 is 0 Å². The van der Waals surface area contributed by atoms with Gasteiger partial charge in [-0.1, -0.05) is 6.07 Å². The van der Waals surface area contributed by atoms with Crippen molar-refractivity contribution in [1.29, 1.82) is 0 Å². The minimum absolute atomic E-state index is 0.131. The van der Waals surface area contributed by atoms with Crippen LogP contribution in [0.5, 0.6) is 11.6 Å². The maximum atomic E-state index is 11.1. The Morgan fingerprint density at radius 1 is 1.33 bits per heavy atom. The van der Waals surface area contributed by atoms with Gasteiger partial charge in [-0.2, -0.15) is 0 Å². The quantitative estimate of drug-likeness (QED) is 0.717. The molecule has 1 heterocycles. The Balaban J connectivity index is 2.11. The molecule has 3 N–H and O–H groups in total. The lowest BCUT2D eigenvalue weighted by atomic mass is 9.81. The van der Waals surface area contributed by atoms with E-state index < -0.39 is 5.76 Å². The van der Waals surface area contributed by atoms with Gasteiger partial charge in [0.25, 0.3) is 0 Å². The van der Waals surface area contributed by atoms with Crippen LogP contribution >= 0.6 is 0 Å². The smallest absolute Gasteiger partial charge is 0.419 e. The summed E-state index contributed by atoms with van der Waals surface area (Å²) < 4.78 is 5.02. The van der Waals surface area contributed by atoms with Crippen molar-refractivity contribution in [3.8, 4) is 11.6 Å². The second kappa shape index (κ2) is 3.94. The molecule has 0 radical (unpaired) electrons. The number of hydrogen-bond donors (Lipinski definition) is 3. The highest BCUT2D eigenvalue weighted by molar-refractivity contribution is 5.42. The first-order valence-electron chi connectivity index (χ1n) is 5.89. The Bertz CT molecular complexity index is 641. The lowest BCUT2D eigenvalue weighted by molar-refractivity contribution is 0.394. The van der Waals surface area contributed by atoms with Crippen molar-refractivity contribution in [1.82, 2.24) is 4.98 Å². The summed E-state index contributed by atoms with van der Waals surface area (Å²) in [6, 6.07) is 5.16. The molecule has 1 aromatic carbocycles. The third kappa shape index (κ3) is 1.68. The topological polar surface area (TPSA) is 86.5 Å². The monoisotopic (exact) mass is 247 g/mol. The van der Waals surface area contributed by atoms with E-state index in [0.29, 0.717) is 0 Å². The summed E-state index contributed by atoms with van der Waals surface area (Å²) in [5, 5.41) is 19.1. The molecule has 0 aliphatic heterocycles. The Hall–Kier alpha value is -2.17. The number of phenols is 1. The van der Waals surface area contributed by atoms with Gasteiger partial charge in [0, 0.05) is 5.92 Å². The minimum Gasteiger partial charge on any atom is -0.508 e. The van der Waals surface area contributed by atoms with Gasteiger partial charge in [0.05, 0.1) is 0 Å². The summed E-state index contributed by atoms with van der Waals surface area (Å²) in [7, 11) is 0. The number of nitrogens with one attached hydrogen (secondary N) is 1. The van der Waals surface area contributed by atoms with Gasteiger partial charge >= 0.3 is 5.76 Å². The number of H-pyrrole nitrogens is 1. The van der Waals surface area contributed by atoms with Crippen LogP contribution in [0.1, 0.15) is 35.6 Å². The van der Waals surface area contributed by atoms with Crippen LogP contribution in [0.15, 0.2) is 27.4 Å². The predicted octanol–water partition coefficient (Wildman–Crippen LogP) is 1.85. The van der Waals surface area contributed by atoms with Crippen LogP contribution < -0.4 is 5.76 Å². The number of hydrogen-bond acceptors (Lipinski definition) is 4. The molecule has 1 aromatic heterocycles. The molecule has 0 amide bonds. The Labute approximate surface area is 103 Å². The Kier molecular flexibility index (Phi) is 2.40. The second-order valence-corrected chi connectivity index (χ2v) is 4.56. The number of phenolic OH excluding ortho intramolecular Hbond substituents is 1. The summed E-state index contributed by atoms with van der Waals surface area (Å²) in [6.45, 7) is 0. The standard InChI is InChI=1S/C13H13NO4/c15-8-4-5-9-7(6-8)2-1-3-10(9)11-12(16)14-13(17)18-11/h4-6,10,15-16H,1-3H2,(H,14,17)/t10-/m1/s1. The lowest BCUT2D eigenvalue weighted by Gasteiger charge is -2.23. The van der Waals surface area contributed by atoms with Crippen LogP contribution in [0.25, 0.3) is 0 Å². The highest BCUT2D eigenvalue weighted by Gasteiger charge is 2.27. The summed E-state index contributed by atoms with van der Waals surface area (Å²) in [6.07, 6.45) is 2.62. The fraction of sp³-hybridized carbons (Fsp3) is 0.308. The SMILES string of the molecule is O=c1[nH]c(O)c([C@@H]2CCCc3cc(O)ccc32)o1. The average molecular weight is 247 g/mol. The molecular formula is C13H13NO4. The molecular weight excluding hydrogens is 234 g/mol. The second-order valence-electron chi connectivity index (χ2n) is 4.56. The van der Waals surface area contributed by atoms with Crippen LogP contribution in [-0.2, 0) is 6.42 Å². The third-order valence-electron chi connectivity index (χ3n) is 3.41. The Morgan fingerprint density at radius 3 is 2.89 bits per heavy atom. The van der Waals surface area contributed by atoms with Crippen LogP contribution in [0, 0.1) is 0 Å². The van der Waals surface area contributed by atoms with Crippen molar-refractivity contribution in [2.75, 3.05) is 0 Å². The van der Waals surface area contributed by atoms with E-state index in [0.717, 1.165) is 30.4 Å². The van der Waals surface area contributed by atoms with Crippen molar-refractivity contribution >= 4 is 0 Å². The van der Waals surface area contributed by atoms with Gasteiger partial charge in [0.1, 0.15) is 5.75 Å². The number of oxazole rings is 1. The van der Waals surface area contributed by atoms with Gasteiger partial charge in [0.2, 0.25) is 5.88 Å². The molecule has 0 saturated carbocycles. The fourth-order valence-corrected chi connectivity index (χ4v) is 2.64. The van der Waals surface area contributed by atoms with Crippen LogP contribution in [0.3, 0.4) is 0 Å². The molecule has 0 fully saturated rings. The zero-order valence-electron chi connectivity index (χ0n) is 9.64. The third-order valence-corrected chi connectivity index (χ3v) is 3.41. The fourth-order valence-electron chi connectivity index (χ4n) is 2.64. The molecule has 5 heteroatoms. The van der Waals surface area contributed by atoms with E-state index in [9.17, 15) is 15.0 Å². The number of aryl methyl sites for hydroxylation is 1. The van der Waals surface area contributed by atoms with Gasteiger partial charge in [0.15, 0.2) is 5.76 Å². The summed E-state index contributed by atoms with van der Waals surface area (Å²) >= 11 is 0. The minimum atomic E-state index is -0.645. The molecule has 5 nitrogen and oxygen atoms in total. The maximum Gasteiger partial charge on any atom is 0.419 e. The largest absolute Gasteiger partial charge is 0.508 e. The van der Waals surface area contributed by atoms with Gasteiger partial charge in [-0.15, -0.1) is 0 Å². The number of aromatic hydroxyl groups is 2.